The SMILES string of the molecule is COC1CCN(C(=O)[C@H](Cc2cn(Cc3ccccc3)cn2)NC(=O)OC(C)(C)C)CC1. The summed E-state index contributed by atoms with van der Waals surface area (Å²) in [5, 5.41) is 2.77. The number of imidazole rings is 1. The van der Waals surface area contributed by atoms with Gasteiger partial charge in [-0.05, 0) is 39.2 Å². The lowest BCUT2D eigenvalue weighted by atomic mass is 10.0. The van der Waals surface area contributed by atoms with E-state index in [4.69, 9.17) is 9.47 Å². The van der Waals surface area contributed by atoms with Gasteiger partial charge in [-0.3, -0.25) is 4.79 Å². The van der Waals surface area contributed by atoms with Gasteiger partial charge in [0.2, 0.25) is 5.91 Å². The Kier molecular flexibility index (Phi) is 7.90. The number of aromatic nitrogens is 2. The van der Waals surface area contributed by atoms with Gasteiger partial charge in [-0.1, -0.05) is 30.3 Å². The number of rotatable bonds is 7. The number of nitrogens with one attached hydrogen (secondary N) is 1. The first-order chi connectivity index (χ1) is 15.2. The summed E-state index contributed by atoms with van der Waals surface area (Å²) >= 11 is 0. The van der Waals surface area contributed by atoms with Crippen LogP contribution < -0.4 is 5.32 Å². The van der Waals surface area contributed by atoms with Gasteiger partial charge in [0.1, 0.15) is 11.6 Å². The monoisotopic (exact) mass is 442 g/mol. The molecule has 2 heterocycles. The molecule has 0 radical (unpaired) electrons. The number of carbonyl (C=O) groups is 2. The Hall–Kier alpha value is -2.87. The molecule has 32 heavy (non-hydrogen) atoms. The third-order valence-electron chi connectivity index (χ3n) is 5.38. The Morgan fingerprint density at radius 3 is 2.50 bits per heavy atom. The molecule has 2 aromatic rings. The molecular weight excluding hydrogens is 408 g/mol. The van der Waals surface area contributed by atoms with Crippen LogP contribution in [0.1, 0.15) is 44.9 Å². The molecule has 3 rings (SSSR count). The van der Waals surface area contributed by atoms with Crippen LogP contribution in [-0.2, 0) is 27.2 Å². The van der Waals surface area contributed by atoms with Crippen molar-refractivity contribution in [3.05, 3.63) is 54.1 Å². The molecule has 0 bridgehead atoms. The lowest BCUT2D eigenvalue weighted by Gasteiger charge is -2.34. The Morgan fingerprint density at radius 2 is 1.88 bits per heavy atom. The zero-order valence-electron chi connectivity index (χ0n) is 19.4. The van der Waals surface area contributed by atoms with Crippen LogP contribution in [0.4, 0.5) is 4.79 Å². The summed E-state index contributed by atoms with van der Waals surface area (Å²) in [4.78, 5) is 32.0. The minimum atomic E-state index is -0.746. The van der Waals surface area contributed by atoms with Crippen LogP contribution in [0.25, 0.3) is 0 Å². The Morgan fingerprint density at radius 1 is 1.19 bits per heavy atom. The number of nitrogens with zero attached hydrogens (tertiary/aromatic N) is 3. The van der Waals surface area contributed by atoms with Gasteiger partial charge in [0, 0.05) is 39.4 Å². The molecule has 1 saturated heterocycles. The quantitative estimate of drug-likeness (QED) is 0.712. The molecule has 1 atom stereocenters. The number of piperidine rings is 1. The fourth-order valence-corrected chi connectivity index (χ4v) is 3.78. The molecule has 0 aliphatic carbocycles. The smallest absolute Gasteiger partial charge is 0.408 e. The highest BCUT2D eigenvalue weighted by molar-refractivity contribution is 5.86. The molecule has 8 nitrogen and oxygen atoms in total. The molecule has 1 N–H and O–H groups in total. The van der Waals surface area contributed by atoms with Gasteiger partial charge in [0.25, 0.3) is 0 Å². The first-order valence-corrected chi connectivity index (χ1v) is 11.1. The van der Waals surface area contributed by atoms with E-state index in [0.717, 1.165) is 24.1 Å². The van der Waals surface area contributed by atoms with Gasteiger partial charge in [0.05, 0.1) is 18.1 Å². The van der Waals surface area contributed by atoms with Crippen LogP contribution in [-0.4, -0.2) is 64.4 Å². The van der Waals surface area contributed by atoms with Crippen LogP contribution in [0.3, 0.4) is 0 Å². The molecule has 1 aromatic heterocycles. The molecular formula is C24H34N4O4. The Labute approximate surface area is 189 Å². The zero-order chi connectivity index (χ0) is 23.1. The largest absolute Gasteiger partial charge is 0.444 e. The highest BCUT2D eigenvalue weighted by Gasteiger charge is 2.31. The summed E-state index contributed by atoms with van der Waals surface area (Å²) in [5.41, 5.74) is 1.25. The van der Waals surface area contributed by atoms with E-state index < -0.39 is 17.7 Å². The molecule has 1 aliphatic rings. The average molecular weight is 443 g/mol. The van der Waals surface area contributed by atoms with Crippen molar-refractivity contribution in [2.24, 2.45) is 0 Å². The average Bonchev–Trinajstić information content (AvgIpc) is 3.19. The number of alkyl carbamates (subject to hydrolysis) is 1. The molecule has 1 aliphatic heterocycles. The number of ether oxygens (including phenoxy) is 2. The standard InChI is InChI=1S/C24H34N4O4/c1-24(2,3)32-23(30)26-21(22(29)28-12-10-20(31-4)11-13-28)14-19-16-27(17-25-19)15-18-8-6-5-7-9-18/h5-9,16-17,20-21H,10-15H2,1-4H3,(H,26,30)/t21-/m0/s1. The first-order valence-electron chi connectivity index (χ1n) is 11.1. The van der Waals surface area contributed by atoms with Crippen molar-refractivity contribution in [1.29, 1.82) is 0 Å². The van der Waals surface area contributed by atoms with Gasteiger partial charge in [-0.2, -0.15) is 0 Å². The minimum absolute atomic E-state index is 0.122. The van der Waals surface area contributed by atoms with Gasteiger partial charge in [-0.25, -0.2) is 9.78 Å². The molecule has 8 heteroatoms. The number of hydrogen-bond acceptors (Lipinski definition) is 5. The van der Waals surface area contributed by atoms with Gasteiger partial charge < -0.3 is 24.3 Å². The van der Waals surface area contributed by atoms with E-state index in [1.165, 1.54) is 0 Å². The van der Waals surface area contributed by atoms with E-state index in [-0.39, 0.29) is 12.0 Å². The number of hydrogen-bond donors (Lipinski definition) is 1. The Balaban J connectivity index is 1.69. The second-order valence-corrected chi connectivity index (χ2v) is 9.19. The molecule has 0 saturated carbocycles. The van der Waals surface area contributed by atoms with E-state index >= 15 is 0 Å². The van der Waals surface area contributed by atoms with Gasteiger partial charge in [-0.15, -0.1) is 0 Å². The Bertz CT molecular complexity index is 883. The van der Waals surface area contributed by atoms with Crippen molar-refractivity contribution < 1.29 is 19.1 Å². The fourth-order valence-electron chi connectivity index (χ4n) is 3.78. The maximum Gasteiger partial charge on any atom is 0.408 e. The maximum atomic E-state index is 13.3. The topological polar surface area (TPSA) is 85.7 Å². The number of carbonyl (C=O) groups excluding carboxylic acids is 2. The van der Waals surface area contributed by atoms with E-state index in [1.54, 1.807) is 39.1 Å². The van der Waals surface area contributed by atoms with Gasteiger partial charge >= 0.3 is 6.09 Å². The molecule has 1 aromatic carbocycles. The minimum Gasteiger partial charge on any atom is -0.444 e. The van der Waals surface area contributed by atoms with Crippen LogP contribution in [0, 0.1) is 0 Å². The molecule has 174 valence electrons. The van der Waals surface area contributed by atoms with Crippen molar-refractivity contribution in [1.82, 2.24) is 19.8 Å². The van der Waals surface area contributed by atoms with E-state index in [2.05, 4.69) is 22.4 Å². The molecule has 0 spiro atoms. The van der Waals surface area contributed by atoms with Crippen molar-refractivity contribution in [2.45, 2.75) is 64.3 Å². The number of benzene rings is 1. The summed E-state index contributed by atoms with van der Waals surface area (Å²) < 4.78 is 12.8. The summed E-state index contributed by atoms with van der Waals surface area (Å²) in [5.74, 6) is -0.122. The zero-order valence-corrected chi connectivity index (χ0v) is 19.4. The highest BCUT2D eigenvalue weighted by atomic mass is 16.6. The van der Waals surface area contributed by atoms with Crippen molar-refractivity contribution in [3.8, 4) is 0 Å². The number of likely N-dealkylation sites (tertiary alicyclic amines) is 1. The maximum absolute atomic E-state index is 13.3. The van der Waals surface area contributed by atoms with E-state index in [0.29, 0.717) is 26.1 Å². The fraction of sp³-hybridized carbons (Fsp3) is 0.542. The molecule has 0 unspecified atom stereocenters. The lowest BCUT2D eigenvalue weighted by Crippen LogP contribution is -2.53. The number of methoxy groups -OCH3 is 1. The summed E-state index contributed by atoms with van der Waals surface area (Å²) in [6.07, 6.45) is 5.10. The van der Waals surface area contributed by atoms with E-state index in [1.807, 2.05) is 29.0 Å². The molecule has 1 fully saturated rings. The second kappa shape index (κ2) is 10.6. The summed E-state index contributed by atoms with van der Waals surface area (Å²) in [7, 11) is 1.70. The third-order valence-corrected chi connectivity index (χ3v) is 5.38. The number of amides is 2. The normalized spacial score (nSPS) is 15.9. The lowest BCUT2D eigenvalue weighted by molar-refractivity contribution is -0.135. The first kappa shape index (κ1) is 23.8. The van der Waals surface area contributed by atoms with Crippen LogP contribution in [0.5, 0.6) is 0 Å². The van der Waals surface area contributed by atoms with Crippen LogP contribution in [0.15, 0.2) is 42.9 Å². The van der Waals surface area contributed by atoms with Crippen LogP contribution >= 0.6 is 0 Å². The highest BCUT2D eigenvalue weighted by Crippen LogP contribution is 2.16. The summed E-state index contributed by atoms with van der Waals surface area (Å²) in [6.45, 7) is 7.29. The van der Waals surface area contributed by atoms with Gasteiger partial charge in [0.15, 0.2) is 0 Å². The van der Waals surface area contributed by atoms with E-state index in [9.17, 15) is 9.59 Å². The van der Waals surface area contributed by atoms with Crippen molar-refractivity contribution >= 4 is 12.0 Å². The summed E-state index contributed by atoms with van der Waals surface area (Å²) in [6, 6.07) is 9.35. The predicted molar refractivity (Wildman–Crippen MR) is 121 cm³/mol. The molecule has 2 amide bonds. The van der Waals surface area contributed by atoms with Crippen molar-refractivity contribution in [2.75, 3.05) is 20.2 Å². The van der Waals surface area contributed by atoms with Crippen LogP contribution in [0.2, 0.25) is 0 Å². The predicted octanol–water partition coefficient (Wildman–Crippen LogP) is 3.00. The van der Waals surface area contributed by atoms with Crippen molar-refractivity contribution in [3.63, 3.8) is 0 Å². The third kappa shape index (κ3) is 7.09. The second-order valence-electron chi connectivity index (χ2n) is 9.19.